The van der Waals surface area contributed by atoms with E-state index in [9.17, 15) is 4.79 Å². The standard InChI is InChI=1S/C15H17IN2O/c1-15(2)7-11-13(12(19)8-15)14(18-17-11)9-5-3-4-6-10(9)16/h3-6,11,13,17H,7-8H2,1-2H3/t11-,13-/m1/s1. The Kier molecular flexibility index (Phi) is 3.15. The summed E-state index contributed by atoms with van der Waals surface area (Å²) in [5.74, 6) is 0.258. The Morgan fingerprint density at radius 1 is 1.37 bits per heavy atom. The third-order valence-electron chi connectivity index (χ3n) is 3.97. The molecule has 2 atom stereocenters. The fourth-order valence-electron chi connectivity index (χ4n) is 3.17. The zero-order valence-corrected chi connectivity index (χ0v) is 13.3. The maximum Gasteiger partial charge on any atom is 0.144 e. The number of nitrogens with one attached hydrogen (secondary N) is 1. The van der Waals surface area contributed by atoms with E-state index in [4.69, 9.17) is 0 Å². The van der Waals surface area contributed by atoms with Gasteiger partial charge in [-0.1, -0.05) is 32.0 Å². The molecule has 0 radical (unpaired) electrons. The average molecular weight is 368 g/mol. The SMILES string of the molecule is CC1(C)CC(=O)[C@@H]2C(c3ccccc3I)=NN[C@@H]2C1. The lowest BCUT2D eigenvalue weighted by Gasteiger charge is -2.36. The number of rotatable bonds is 1. The van der Waals surface area contributed by atoms with Crippen LogP contribution in [0.2, 0.25) is 0 Å². The van der Waals surface area contributed by atoms with Crippen LogP contribution in [0.5, 0.6) is 0 Å². The Morgan fingerprint density at radius 2 is 2.11 bits per heavy atom. The third-order valence-corrected chi connectivity index (χ3v) is 4.91. The van der Waals surface area contributed by atoms with E-state index >= 15 is 0 Å². The van der Waals surface area contributed by atoms with E-state index in [2.05, 4.69) is 59.1 Å². The number of halogens is 1. The number of Topliss-reactive ketones (excluding diaryl/α,β-unsaturated/α-hetero) is 1. The Labute approximate surface area is 127 Å². The predicted molar refractivity (Wildman–Crippen MR) is 84.1 cm³/mol. The molecular formula is C15H17IN2O. The number of hydrogen-bond donors (Lipinski definition) is 1. The van der Waals surface area contributed by atoms with E-state index in [1.807, 2.05) is 12.1 Å². The molecule has 0 bridgehead atoms. The number of hydrogen-bond acceptors (Lipinski definition) is 3. The summed E-state index contributed by atoms with van der Waals surface area (Å²) in [5.41, 5.74) is 5.29. The van der Waals surface area contributed by atoms with E-state index in [0.717, 1.165) is 21.3 Å². The van der Waals surface area contributed by atoms with Crippen LogP contribution in [0.1, 0.15) is 32.3 Å². The van der Waals surface area contributed by atoms with Crippen molar-refractivity contribution in [3.63, 3.8) is 0 Å². The lowest BCUT2D eigenvalue weighted by Crippen LogP contribution is -2.45. The number of fused-ring (bicyclic) bond motifs is 1. The molecule has 0 saturated heterocycles. The monoisotopic (exact) mass is 368 g/mol. The van der Waals surface area contributed by atoms with Gasteiger partial charge in [0.15, 0.2) is 0 Å². The molecule has 1 heterocycles. The average Bonchev–Trinajstić information content (AvgIpc) is 2.71. The van der Waals surface area contributed by atoms with Gasteiger partial charge in [0, 0.05) is 15.6 Å². The van der Waals surface area contributed by atoms with Crippen LogP contribution < -0.4 is 5.43 Å². The highest BCUT2D eigenvalue weighted by Gasteiger charge is 2.46. The maximum absolute atomic E-state index is 12.5. The smallest absolute Gasteiger partial charge is 0.144 e. The molecule has 4 heteroatoms. The molecule has 19 heavy (non-hydrogen) atoms. The van der Waals surface area contributed by atoms with Gasteiger partial charge in [-0.15, -0.1) is 0 Å². The summed E-state index contributed by atoms with van der Waals surface area (Å²) in [6, 6.07) is 8.30. The second-order valence-corrected chi connectivity index (χ2v) is 7.36. The van der Waals surface area contributed by atoms with Crippen molar-refractivity contribution >= 4 is 34.1 Å². The Hall–Kier alpha value is -0.910. The molecule has 3 nitrogen and oxygen atoms in total. The van der Waals surface area contributed by atoms with Crippen molar-refractivity contribution in [1.29, 1.82) is 0 Å². The van der Waals surface area contributed by atoms with Crippen molar-refractivity contribution in [2.75, 3.05) is 0 Å². The lowest BCUT2D eigenvalue weighted by molar-refractivity contribution is -0.126. The Balaban J connectivity index is 1.95. The molecule has 3 rings (SSSR count). The molecule has 1 fully saturated rings. The molecule has 1 aliphatic carbocycles. The summed E-state index contributed by atoms with van der Waals surface area (Å²) in [5, 5.41) is 4.47. The van der Waals surface area contributed by atoms with Gasteiger partial charge in [-0.05, 0) is 40.5 Å². The first-order valence-electron chi connectivity index (χ1n) is 6.59. The van der Waals surface area contributed by atoms with Gasteiger partial charge in [0.2, 0.25) is 0 Å². The zero-order valence-electron chi connectivity index (χ0n) is 11.1. The van der Waals surface area contributed by atoms with E-state index in [1.54, 1.807) is 0 Å². The highest BCUT2D eigenvalue weighted by molar-refractivity contribution is 14.1. The second-order valence-electron chi connectivity index (χ2n) is 6.20. The fraction of sp³-hybridized carbons (Fsp3) is 0.467. The Bertz CT molecular complexity index is 565. The van der Waals surface area contributed by atoms with E-state index in [0.29, 0.717) is 12.2 Å². The van der Waals surface area contributed by atoms with Crippen LogP contribution in [0, 0.1) is 14.9 Å². The molecule has 0 amide bonds. The van der Waals surface area contributed by atoms with Crippen LogP contribution in [-0.4, -0.2) is 17.5 Å². The van der Waals surface area contributed by atoms with Crippen LogP contribution in [0.15, 0.2) is 29.4 Å². The number of nitrogens with zero attached hydrogens (tertiary/aromatic N) is 1. The second kappa shape index (κ2) is 4.58. The minimum absolute atomic E-state index is 0.0658. The van der Waals surface area contributed by atoms with Crippen LogP contribution in [0.4, 0.5) is 0 Å². The largest absolute Gasteiger partial charge is 0.306 e. The summed E-state index contributed by atoms with van der Waals surface area (Å²) < 4.78 is 1.15. The predicted octanol–water partition coefficient (Wildman–Crippen LogP) is 2.97. The highest BCUT2D eigenvalue weighted by Crippen LogP contribution is 2.39. The fourth-order valence-corrected chi connectivity index (χ4v) is 3.84. The van der Waals surface area contributed by atoms with Crippen LogP contribution in [-0.2, 0) is 4.79 Å². The molecule has 100 valence electrons. The van der Waals surface area contributed by atoms with Crippen molar-refractivity contribution in [3.05, 3.63) is 33.4 Å². The number of benzene rings is 1. The molecule has 1 N–H and O–H groups in total. The molecule has 0 spiro atoms. The summed E-state index contributed by atoms with van der Waals surface area (Å²) >= 11 is 2.31. The van der Waals surface area contributed by atoms with Crippen molar-refractivity contribution in [2.24, 2.45) is 16.4 Å². The van der Waals surface area contributed by atoms with Crippen molar-refractivity contribution in [3.8, 4) is 0 Å². The molecule has 2 aliphatic rings. The molecule has 0 aromatic heterocycles. The number of carbonyl (C=O) groups excluding carboxylic acids is 1. The third kappa shape index (κ3) is 2.30. The first kappa shape index (κ1) is 13.1. The van der Waals surface area contributed by atoms with Gasteiger partial charge in [0.25, 0.3) is 0 Å². The van der Waals surface area contributed by atoms with Crippen molar-refractivity contribution in [2.45, 2.75) is 32.7 Å². The minimum atomic E-state index is -0.0658. The van der Waals surface area contributed by atoms with Gasteiger partial charge in [0.05, 0.1) is 17.7 Å². The topological polar surface area (TPSA) is 41.5 Å². The van der Waals surface area contributed by atoms with Crippen molar-refractivity contribution < 1.29 is 4.79 Å². The van der Waals surface area contributed by atoms with Gasteiger partial charge >= 0.3 is 0 Å². The van der Waals surface area contributed by atoms with Crippen molar-refractivity contribution in [1.82, 2.24) is 5.43 Å². The van der Waals surface area contributed by atoms with Gasteiger partial charge in [-0.25, -0.2) is 0 Å². The molecule has 1 aromatic rings. The maximum atomic E-state index is 12.5. The Morgan fingerprint density at radius 3 is 2.84 bits per heavy atom. The summed E-state index contributed by atoms with van der Waals surface area (Å²) in [6.07, 6.45) is 1.65. The summed E-state index contributed by atoms with van der Waals surface area (Å²) in [6.45, 7) is 4.32. The molecular weight excluding hydrogens is 351 g/mol. The van der Waals surface area contributed by atoms with Gasteiger partial charge in [-0.2, -0.15) is 5.10 Å². The van der Waals surface area contributed by atoms with Crippen LogP contribution in [0.25, 0.3) is 0 Å². The van der Waals surface area contributed by atoms with Crippen LogP contribution in [0.3, 0.4) is 0 Å². The van der Waals surface area contributed by atoms with Gasteiger partial charge in [-0.3, -0.25) is 4.79 Å². The molecule has 1 aliphatic heterocycles. The van der Waals surface area contributed by atoms with E-state index in [-0.39, 0.29) is 17.4 Å². The first-order chi connectivity index (χ1) is 8.98. The number of carbonyl (C=O) groups is 1. The summed E-state index contributed by atoms with van der Waals surface area (Å²) in [4.78, 5) is 12.5. The molecule has 1 aromatic carbocycles. The highest BCUT2D eigenvalue weighted by atomic mass is 127. The molecule has 1 saturated carbocycles. The zero-order chi connectivity index (χ0) is 13.6. The minimum Gasteiger partial charge on any atom is -0.306 e. The molecule has 0 unspecified atom stereocenters. The first-order valence-corrected chi connectivity index (χ1v) is 7.66. The number of hydrazone groups is 1. The van der Waals surface area contributed by atoms with Gasteiger partial charge in [0.1, 0.15) is 5.78 Å². The van der Waals surface area contributed by atoms with E-state index < -0.39 is 0 Å². The quantitative estimate of drug-likeness (QED) is 0.775. The van der Waals surface area contributed by atoms with E-state index in [1.165, 1.54) is 0 Å². The lowest BCUT2D eigenvalue weighted by atomic mass is 9.68. The van der Waals surface area contributed by atoms with Crippen LogP contribution >= 0.6 is 22.6 Å². The normalized spacial score (nSPS) is 28.6. The number of ketones is 1. The summed E-state index contributed by atoms with van der Waals surface area (Å²) in [7, 11) is 0. The van der Waals surface area contributed by atoms with Gasteiger partial charge < -0.3 is 5.43 Å².